The Hall–Kier alpha value is -0.790. The van der Waals surface area contributed by atoms with Gasteiger partial charge in [0.2, 0.25) is 0 Å². The molecule has 0 saturated carbocycles. The fourth-order valence-corrected chi connectivity index (χ4v) is 1.69. The van der Waals surface area contributed by atoms with Crippen molar-refractivity contribution in [2.75, 3.05) is 6.61 Å². The maximum Gasteiger partial charge on any atom is 0.305 e. The van der Waals surface area contributed by atoms with Gasteiger partial charge in [-0.25, -0.2) is 0 Å². The zero-order valence-electron chi connectivity index (χ0n) is 12.2. The summed E-state index contributed by atoms with van der Waals surface area (Å²) in [4.78, 5) is 11.3. The predicted molar refractivity (Wildman–Crippen MR) is 77.6 cm³/mol. The zero-order chi connectivity index (χ0) is 13.5. The average Bonchev–Trinajstić information content (AvgIpc) is 2.37. The highest BCUT2D eigenvalue weighted by atomic mass is 16.5. The summed E-state index contributed by atoms with van der Waals surface area (Å²) < 4.78 is 5.09. The van der Waals surface area contributed by atoms with Crippen LogP contribution < -0.4 is 0 Å². The van der Waals surface area contributed by atoms with Crippen LogP contribution in [0.15, 0.2) is 12.2 Å². The number of esters is 1. The number of allylic oxidation sites excluding steroid dienone is 2. The lowest BCUT2D eigenvalue weighted by molar-refractivity contribution is -0.143. The minimum atomic E-state index is -0.0419. The van der Waals surface area contributed by atoms with Crippen LogP contribution in [0.2, 0.25) is 0 Å². The predicted octanol–water partition coefficient (Wildman–Crippen LogP) is 5.03. The van der Waals surface area contributed by atoms with Crippen molar-refractivity contribution >= 4 is 5.97 Å². The lowest BCUT2D eigenvalue weighted by Gasteiger charge is -2.02. The molecule has 0 aliphatic rings. The highest BCUT2D eigenvalue weighted by molar-refractivity contribution is 5.69. The van der Waals surface area contributed by atoms with Crippen LogP contribution in [0, 0.1) is 0 Å². The number of carbonyl (C=O) groups excluding carboxylic acids is 1. The van der Waals surface area contributed by atoms with Crippen molar-refractivity contribution in [2.45, 2.75) is 78.1 Å². The van der Waals surface area contributed by atoms with Crippen LogP contribution in [0.1, 0.15) is 78.1 Å². The smallest absolute Gasteiger partial charge is 0.305 e. The number of carbonyl (C=O) groups is 1. The van der Waals surface area contributed by atoms with Crippen LogP contribution in [0.3, 0.4) is 0 Å². The van der Waals surface area contributed by atoms with Crippen LogP contribution in [0.5, 0.6) is 0 Å². The molecular formula is C16H30O2. The molecule has 0 unspecified atom stereocenters. The Morgan fingerprint density at radius 1 is 0.889 bits per heavy atom. The minimum absolute atomic E-state index is 0.0419. The van der Waals surface area contributed by atoms with Gasteiger partial charge in [-0.15, -0.1) is 0 Å². The highest BCUT2D eigenvalue weighted by Crippen LogP contribution is 2.05. The molecule has 0 aliphatic carbocycles. The van der Waals surface area contributed by atoms with Crippen LogP contribution in [-0.2, 0) is 9.53 Å². The van der Waals surface area contributed by atoms with Crippen molar-refractivity contribution in [3.8, 4) is 0 Å². The molecule has 0 fully saturated rings. The van der Waals surface area contributed by atoms with Gasteiger partial charge in [0.05, 0.1) is 6.61 Å². The second kappa shape index (κ2) is 14.3. The molecule has 0 saturated heterocycles. The Bertz CT molecular complexity index is 209. The topological polar surface area (TPSA) is 26.3 Å². The maximum atomic E-state index is 11.3. The minimum Gasteiger partial charge on any atom is -0.466 e. The monoisotopic (exact) mass is 254 g/mol. The summed E-state index contributed by atoms with van der Waals surface area (Å²) in [5.74, 6) is -0.0419. The summed E-state index contributed by atoms with van der Waals surface area (Å²) >= 11 is 0. The molecule has 2 heteroatoms. The molecule has 0 rings (SSSR count). The van der Waals surface area contributed by atoms with Gasteiger partial charge in [0.25, 0.3) is 0 Å². The van der Waals surface area contributed by atoms with E-state index in [4.69, 9.17) is 4.74 Å². The molecule has 0 atom stereocenters. The Morgan fingerprint density at radius 2 is 1.56 bits per heavy atom. The van der Waals surface area contributed by atoms with Crippen molar-refractivity contribution in [2.24, 2.45) is 0 Å². The maximum absolute atomic E-state index is 11.3. The standard InChI is InChI=1S/C16H30O2/c1-3-5-7-8-9-10-11-12-13-14-16(17)18-15-6-4-2/h10-11H,3-9,12-15H2,1-2H3/b11-10+. The Balaban J connectivity index is 3.22. The zero-order valence-corrected chi connectivity index (χ0v) is 12.2. The number of hydrogen-bond donors (Lipinski definition) is 0. The van der Waals surface area contributed by atoms with Gasteiger partial charge < -0.3 is 4.74 Å². The average molecular weight is 254 g/mol. The summed E-state index contributed by atoms with van der Waals surface area (Å²) in [6.45, 7) is 4.91. The van der Waals surface area contributed by atoms with Crippen molar-refractivity contribution in [3.05, 3.63) is 12.2 Å². The quantitative estimate of drug-likeness (QED) is 0.277. The van der Waals surface area contributed by atoms with E-state index >= 15 is 0 Å². The third-order valence-electron chi connectivity index (χ3n) is 2.90. The first-order chi connectivity index (χ1) is 8.81. The largest absolute Gasteiger partial charge is 0.466 e. The molecule has 0 aliphatic heterocycles. The fraction of sp³-hybridized carbons (Fsp3) is 0.812. The third-order valence-corrected chi connectivity index (χ3v) is 2.90. The first kappa shape index (κ1) is 17.2. The second-order valence-corrected chi connectivity index (χ2v) is 4.79. The van der Waals surface area contributed by atoms with Crippen molar-refractivity contribution in [1.29, 1.82) is 0 Å². The molecule has 0 aromatic rings. The Morgan fingerprint density at radius 3 is 2.22 bits per heavy atom. The molecule has 0 spiro atoms. The molecule has 0 aromatic heterocycles. The molecule has 0 heterocycles. The third kappa shape index (κ3) is 13.3. The molecular weight excluding hydrogens is 224 g/mol. The van der Waals surface area contributed by atoms with E-state index in [2.05, 4.69) is 26.0 Å². The summed E-state index contributed by atoms with van der Waals surface area (Å²) in [7, 11) is 0. The number of rotatable bonds is 12. The van der Waals surface area contributed by atoms with Gasteiger partial charge in [-0.1, -0.05) is 51.7 Å². The van der Waals surface area contributed by atoms with Crippen LogP contribution in [0.4, 0.5) is 0 Å². The number of unbranched alkanes of at least 4 members (excludes halogenated alkanes) is 6. The van der Waals surface area contributed by atoms with Gasteiger partial charge in [0.15, 0.2) is 0 Å². The molecule has 0 N–H and O–H groups in total. The summed E-state index contributed by atoms with van der Waals surface area (Å²) in [6, 6.07) is 0. The van der Waals surface area contributed by atoms with Gasteiger partial charge in [-0.05, 0) is 32.1 Å². The van der Waals surface area contributed by atoms with E-state index in [9.17, 15) is 4.79 Å². The molecule has 0 bridgehead atoms. The number of ether oxygens (including phenoxy) is 1. The van der Waals surface area contributed by atoms with Gasteiger partial charge in [0, 0.05) is 6.42 Å². The first-order valence-corrected chi connectivity index (χ1v) is 7.61. The lowest BCUT2D eigenvalue weighted by Crippen LogP contribution is -2.04. The molecule has 0 radical (unpaired) electrons. The second-order valence-electron chi connectivity index (χ2n) is 4.79. The highest BCUT2D eigenvalue weighted by Gasteiger charge is 2.00. The van der Waals surface area contributed by atoms with E-state index in [0.717, 1.165) is 25.7 Å². The van der Waals surface area contributed by atoms with E-state index < -0.39 is 0 Å². The fourth-order valence-electron chi connectivity index (χ4n) is 1.69. The van der Waals surface area contributed by atoms with Crippen molar-refractivity contribution in [3.63, 3.8) is 0 Å². The molecule has 18 heavy (non-hydrogen) atoms. The van der Waals surface area contributed by atoms with Gasteiger partial charge in [-0.3, -0.25) is 4.79 Å². The Kier molecular flexibility index (Phi) is 13.6. The van der Waals surface area contributed by atoms with Gasteiger partial charge in [0.1, 0.15) is 0 Å². The lowest BCUT2D eigenvalue weighted by atomic mass is 10.1. The SMILES string of the molecule is CCCCCC/C=C/CCCC(=O)OCCCC. The normalized spacial score (nSPS) is 11.0. The molecule has 106 valence electrons. The van der Waals surface area contributed by atoms with E-state index in [1.165, 1.54) is 32.1 Å². The molecule has 0 aromatic carbocycles. The van der Waals surface area contributed by atoms with Crippen LogP contribution in [0.25, 0.3) is 0 Å². The summed E-state index contributed by atoms with van der Waals surface area (Å²) in [5, 5.41) is 0. The van der Waals surface area contributed by atoms with E-state index in [-0.39, 0.29) is 5.97 Å². The van der Waals surface area contributed by atoms with E-state index in [0.29, 0.717) is 13.0 Å². The van der Waals surface area contributed by atoms with E-state index in [1.54, 1.807) is 0 Å². The van der Waals surface area contributed by atoms with Crippen LogP contribution >= 0.6 is 0 Å². The molecule has 0 amide bonds. The van der Waals surface area contributed by atoms with Crippen molar-refractivity contribution < 1.29 is 9.53 Å². The van der Waals surface area contributed by atoms with Crippen LogP contribution in [-0.4, -0.2) is 12.6 Å². The van der Waals surface area contributed by atoms with Gasteiger partial charge in [-0.2, -0.15) is 0 Å². The van der Waals surface area contributed by atoms with Crippen molar-refractivity contribution in [1.82, 2.24) is 0 Å². The Labute approximate surface area is 113 Å². The summed E-state index contributed by atoms with van der Waals surface area (Å²) in [5.41, 5.74) is 0. The van der Waals surface area contributed by atoms with E-state index in [1.807, 2.05) is 0 Å². The molecule has 2 nitrogen and oxygen atoms in total. The summed E-state index contributed by atoms with van der Waals surface area (Å²) in [6.07, 6.45) is 15.4. The number of hydrogen-bond acceptors (Lipinski definition) is 2. The van der Waals surface area contributed by atoms with Gasteiger partial charge >= 0.3 is 5.97 Å². The first-order valence-electron chi connectivity index (χ1n) is 7.61.